The Hall–Kier alpha value is -2.17. The molecule has 1 aliphatic rings. The van der Waals surface area contributed by atoms with Gasteiger partial charge in [-0.15, -0.1) is 0 Å². The van der Waals surface area contributed by atoms with Crippen molar-refractivity contribution in [2.45, 2.75) is 13.3 Å². The summed E-state index contributed by atoms with van der Waals surface area (Å²) in [6.07, 6.45) is 0.310. The number of hydrogen-bond donors (Lipinski definition) is 0. The molecule has 19 heavy (non-hydrogen) atoms. The number of hydrogen-bond acceptors (Lipinski definition) is 4. The van der Waals surface area contributed by atoms with Crippen molar-refractivity contribution in [3.8, 4) is 0 Å². The zero-order valence-corrected chi connectivity index (χ0v) is 11.0. The fourth-order valence-corrected chi connectivity index (χ4v) is 2.14. The number of benzene rings is 1. The van der Waals surface area contributed by atoms with Crippen molar-refractivity contribution in [1.29, 1.82) is 0 Å². The molecule has 0 aliphatic carbocycles. The number of Topliss-reactive ketones (excluding diaryl/α,β-unsaturated/α-hetero) is 1. The Labute approximate surface area is 111 Å². The van der Waals surface area contributed by atoms with E-state index in [-0.39, 0.29) is 30.7 Å². The maximum Gasteiger partial charge on any atom is 0.248 e. The fourth-order valence-electron chi connectivity index (χ4n) is 2.14. The lowest BCUT2D eigenvalue weighted by Crippen LogP contribution is -2.52. The van der Waals surface area contributed by atoms with Gasteiger partial charge in [-0.2, -0.15) is 0 Å². The average Bonchev–Trinajstić information content (AvgIpc) is 2.35. The number of carbonyl (C=O) groups is 3. The predicted octanol–water partition coefficient (Wildman–Crippen LogP) is 0.623. The van der Waals surface area contributed by atoms with Gasteiger partial charge < -0.3 is 4.90 Å². The summed E-state index contributed by atoms with van der Waals surface area (Å²) in [6, 6.07) is 7.38. The summed E-state index contributed by atoms with van der Waals surface area (Å²) in [5.41, 5.74) is 1.63. The number of nitrogens with zero attached hydrogens (tertiary/aromatic N) is 2. The number of piperazine rings is 1. The van der Waals surface area contributed by atoms with E-state index in [2.05, 4.69) is 0 Å². The van der Waals surface area contributed by atoms with Gasteiger partial charge in [0.25, 0.3) is 0 Å². The second-order valence-electron chi connectivity index (χ2n) is 4.71. The predicted molar refractivity (Wildman–Crippen MR) is 70.8 cm³/mol. The molecule has 0 unspecified atom stereocenters. The first-order valence-electron chi connectivity index (χ1n) is 6.10. The molecule has 0 atom stereocenters. The van der Waals surface area contributed by atoms with E-state index in [0.717, 1.165) is 16.2 Å². The number of anilines is 1. The van der Waals surface area contributed by atoms with Crippen molar-refractivity contribution in [2.24, 2.45) is 0 Å². The van der Waals surface area contributed by atoms with Gasteiger partial charge >= 0.3 is 0 Å². The van der Waals surface area contributed by atoms with Crippen LogP contribution in [0.2, 0.25) is 0 Å². The number of ketones is 1. The van der Waals surface area contributed by atoms with Crippen LogP contribution in [0.15, 0.2) is 24.3 Å². The Kier molecular flexibility index (Phi) is 3.64. The largest absolute Gasteiger partial charge is 0.353 e. The maximum absolute atomic E-state index is 11.7. The zero-order valence-electron chi connectivity index (χ0n) is 11.0. The van der Waals surface area contributed by atoms with E-state index in [1.165, 1.54) is 14.0 Å². The summed E-state index contributed by atoms with van der Waals surface area (Å²) in [5, 5.41) is 0. The molecule has 0 saturated carbocycles. The third-order valence-electron chi connectivity index (χ3n) is 3.17. The molecule has 2 rings (SSSR count). The van der Waals surface area contributed by atoms with Crippen LogP contribution in [0.3, 0.4) is 0 Å². The number of rotatable bonds is 3. The van der Waals surface area contributed by atoms with Crippen LogP contribution in [-0.4, -0.2) is 42.6 Å². The summed E-state index contributed by atoms with van der Waals surface area (Å²) >= 11 is 0. The Morgan fingerprint density at radius 2 is 1.74 bits per heavy atom. The molecular weight excluding hydrogens is 244 g/mol. The summed E-state index contributed by atoms with van der Waals surface area (Å²) in [5.74, 6) is -0.401. The lowest BCUT2D eigenvalue weighted by molar-refractivity contribution is -0.143. The van der Waals surface area contributed by atoms with Crippen molar-refractivity contribution >= 4 is 23.3 Å². The van der Waals surface area contributed by atoms with Gasteiger partial charge in [-0.05, 0) is 18.6 Å². The van der Waals surface area contributed by atoms with Crippen LogP contribution in [-0.2, 0) is 20.8 Å². The monoisotopic (exact) mass is 260 g/mol. The first kappa shape index (κ1) is 13.3. The molecule has 1 aromatic carbocycles. The molecule has 0 N–H and O–H groups in total. The number of carbonyl (C=O) groups excluding carboxylic acids is 3. The first-order valence-corrected chi connectivity index (χ1v) is 6.10. The second kappa shape index (κ2) is 5.22. The van der Waals surface area contributed by atoms with Gasteiger partial charge in [-0.1, -0.05) is 18.2 Å². The minimum absolute atomic E-state index is 0.0548. The highest BCUT2D eigenvalue weighted by Crippen LogP contribution is 2.22. The van der Waals surface area contributed by atoms with Crippen LogP contribution < -0.4 is 4.90 Å². The highest BCUT2D eigenvalue weighted by molar-refractivity contribution is 6.02. The zero-order chi connectivity index (χ0) is 14.0. The van der Waals surface area contributed by atoms with E-state index in [0.29, 0.717) is 6.42 Å². The average molecular weight is 260 g/mol. The summed E-state index contributed by atoms with van der Waals surface area (Å²) in [4.78, 5) is 37.6. The molecular formula is C14H16N2O3. The molecule has 1 aromatic rings. The van der Waals surface area contributed by atoms with Crippen molar-refractivity contribution in [3.05, 3.63) is 29.8 Å². The summed E-state index contributed by atoms with van der Waals surface area (Å²) in [6.45, 7) is 1.85. The molecule has 1 saturated heterocycles. The van der Waals surface area contributed by atoms with Gasteiger partial charge in [0.05, 0.1) is 13.1 Å². The van der Waals surface area contributed by atoms with E-state index in [9.17, 15) is 14.4 Å². The normalized spacial score (nSPS) is 15.9. The van der Waals surface area contributed by atoms with Crippen LogP contribution in [0.4, 0.5) is 5.69 Å². The Bertz CT molecular complexity index is 521. The molecule has 1 heterocycles. The lowest BCUT2D eigenvalue weighted by Gasteiger charge is -2.33. The second-order valence-corrected chi connectivity index (χ2v) is 4.71. The first-order chi connectivity index (χ1) is 8.99. The minimum atomic E-state index is -0.228. The van der Waals surface area contributed by atoms with Gasteiger partial charge in [-0.3, -0.25) is 19.3 Å². The van der Waals surface area contributed by atoms with Gasteiger partial charge in [0.15, 0.2) is 0 Å². The highest BCUT2D eigenvalue weighted by Gasteiger charge is 2.29. The molecule has 2 amide bonds. The molecule has 1 aliphatic heterocycles. The minimum Gasteiger partial charge on any atom is -0.353 e. The topological polar surface area (TPSA) is 57.7 Å². The Morgan fingerprint density at radius 1 is 1.16 bits per heavy atom. The maximum atomic E-state index is 11.7. The third-order valence-corrected chi connectivity index (χ3v) is 3.17. The highest BCUT2D eigenvalue weighted by atomic mass is 16.2. The van der Waals surface area contributed by atoms with Gasteiger partial charge in [0, 0.05) is 19.2 Å². The van der Waals surface area contributed by atoms with Crippen LogP contribution in [0, 0.1) is 0 Å². The van der Waals surface area contributed by atoms with Crippen LogP contribution in [0.5, 0.6) is 0 Å². The molecule has 0 radical (unpaired) electrons. The number of para-hydroxylation sites is 1. The molecule has 0 aromatic heterocycles. The van der Waals surface area contributed by atoms with Crippen LogP contribution >= 0.6 is 0 Å². The van der Waals surface area contributed by atoms with Crippen LogP contribution in [0.25, 0.3) is 0 Å². The van der Waals surface area contributed by atoms with E-state index in [4.69, 9.17) is 0 Å². The third kappa shape index (κ3) is 2.81. The van der Waals surface area contributed by atoms with E-state index >= 15 is 0 Å². The Balaban J connectivity index is 2.29. The molecule has 0 bridgehead atoms. The van der Waals surface area contributed by atoms with Crippen molar-refractivity contribution in [3.63, 3.8) is 0 Å². The van der Waals surface area contributed by atoms with E-state index in [1.54, 1.807) is 4.90 Å². The number of amides is 2. The molecule has 5 nitrogen and oxygen atoms in total. The molecule has 100 valence electrons. The van der Waals surface area contributed by atoms with Crippen molar-refractivity contribution < 1.29 is 14.4 Å². The van der Waals surface area contributed by atoms with Gasteiger partial charge in [0.1, 0.15) is 5.78 Å². The van der Waals surface area contributed by atoms with E-state index < -0.39 is 0 Å². The van der Waals surface area contributed by atoms with Crippen molar-refractivity contribution in [1.82, 2.24) is 4.90 Å². The standard InChI is InChI=1S/C14H16N2O3/c1-10(17)7-11-5-3-4-6-12(11)16-8-13(18)15(2)14(19)9-16/h3-6H,7-9H2,1-2H3. The molecule has 1 fully saturated rings. The summed E-state index contributed by atoms with van der Waals surface area (Å²) in [7, 11) is 1.49. The fraction of sp³-hybridized carbons (Fsp3) is 0.357. The molecule has 0 spiro atoms. The van der Waals surface area contributed by atoms with Crippen LogP contribution in [0.1, 0.15) is 12.5 Å². The van der Waals surface area contributed by atoms with Gasteiger partial charge in [-0.25, -0.2) is 0 Å². The summed E-state index contributed by atoms with van der Waals surface area (Å²) < 4.78 is 0. The Morgan fingerprint density at radius 3 is 2.32 bits per heavy atom. The van der Waals surface area contributed by atoms with Crippen molar-refractivity contribution in [2.75, 3.05) is 25.0 Å². The quantitative estimate of drug-likeness (QED) is 0.748. The number of imide groups is 1. The number of likely N-dealkylation sites (N-methyl/N-ethyl adjacent to an activating group) is 1. The molecule has 5 heteroatoms. The SMILES string of the molecule is CC(=O)Cc1ccccc1N1CC(=O)N(C)C(=O)C1. The lowest BCUT2D eigenvalue weighted by atomic mass is 10.1. The van der Waals surface area contributed by atoms with E-state index in [1.807, 2.05) is 24.3 Å². The van der Waals surface area contributed by atoms with Gasteiger partial charge in [0.2, 0.25) is 11.8 Å². The smallest absolute Gasteiger partial charge is 0.248 e.